The minimum Gasteiger partial charge on any atom is -0.441 e. The normalized spacial score (nSPS) is 10.7. The third-order valence-corrected chi connectivity index (χ3v) is 2.86. The Morgan fingerprint density at radius 3 is 2.94 bits per heavy atom. The summed E-state index contributed by atoms with van der Waals surface area (Å²) >= 11 is 3.44. The molecule has 4 heteroatoms. The highest BCUT2D eigenvalue weighted by Crippen LogP contribution is 2.26. The standard InChI is InChI=1S/C12H13BrN2O/c1-8-6-9(13)2-3-10(8)11-7-15-12(16-11)4-5-14/h2-3,6-7H,4-5,14H2,1H3. The van der Waals surface area contributed by atoms with Gasteiger partial charge in [-0.15, -0.1) is 0 Å². The van der Waals surface area contributed by atoms with Crippen LogP contribution in [0.5, 0.6) is 0 Å². The molecule has 16 heavy (non-hydrogen) atoms. The van der Waals surface area contributed by atoms with Crippen LogP contribution >= 0.6 is 15.9 Å². The Bertz CT molecular complexity index is 494. The summed E-state index contributed by atoms with van der Waals surface area (Å²) in [6, 6.07) is 6.07. The van der Waals surface area contributed by atoms with E-state index in [1.807, 2.05) is 19.1 Å². The number of nitrogens with two attached hydrogens (primary N) is 1. The van der Waals surface area contributed by atoms with Crippen LogP contribution in [0.2, 0.25) is 0 Å². The summed E-state index contributed by atoms with van der Waals surface area (Å²) in [5, 5.41) is 0. The fourth-order valence-corrected chi connectivity index (χ4v) is 2.05. The third-order valence-electron chi connectivity index (χ3n) is 2.37. The average molecular weight is 281 g/mol. The molecule has 1 heterocycles. The monoisotopic (exact) mass is 280 g/mol. The summed E-state index contributed by atoms with van der Waals surface area (Å²) in [5.41, 5.74) is 7.68. The first-order valence-electron chi connectivity index (χ1n) is 5.12. The first kappa shape index (κ1) is 11.4. The van der Waals surface area contributed by atoms with E-state index in [0.29, 0.717) is 18.9 Å². The van der Waals surface area contributed by atoms with Crippen molar-refractivity contribution in [3.8, 4) is 11.3 Å². The van der Waals surface area contributed by atoms with Crippen molar-refractivity contribution < 1.29 is 4.42 Å². The molecule has 2 aromatic rings. The van der Waals surface area contributed by atoms with Crippen LogP contribution in [0.25, 0.3) is 11.3 Å². The quantitative estimate of drug-likeness (QED) is 0.941. The van der Waals surface area contributed by atoms with E-state index < -0.39 is 0 Å². The molecule has 2 N–H and O–H groups in total. The molecule has 0 fully saturated rings. The summed E-state index contributed by atoms with van der Waals surface area (Å²) in [5.74, 6) is 1.49. The van der Waals surface area contributed by atoms with Gasteiger partial charge >= 0.3 is 0 Å². The van der Waals surface area contributed by atoms with E-state index in [-0.39, 0.29) is 0 Å². The lowest BCUT2D eigenvalue weighted by molar-refractivity contribution is 0.508. The van der Waals surface area contributed by atoms with Gasteiger partial charge in [-0.1, -0.05) is 15.9 Å². The largest absolute Gasteiger partial charge is 0.441 e. The Kier molecular flexibility index (Phi) is 3.41. The second kappa shape index (κ2) is 4.80. The molecular weight excluding hydrogens is 268 g/mol. The second-order valence-corrected chi connectivity index (χ2v) is 4.53. The Balaban J connectivity index is 2.35. The van der Waals surface area contributed by atoms with Gasteiger partial charge in [-0.2, -0.15) is 0 Å². The SMILES string of the molecule is Cc1cc(Br)ccc1-c1cnc(CCN)o1. The summed E-state index contributed by atoms with van der Waals surface area (Å²) in [6.45, 7) is 2.60. The molecule has 0 aliphatic rings. The van der Waals surface area contributed by atoms with Crippen molar-refractivity contribution >= 4 is 15.9 Å². The molecule has 0 aliphatic heterocycles. The molecule has 0 spiro atoms. The van der Waals surface area contributed by atoms with Crippen LogP contribution in [0.3, 0.4) is 0 Å². The summed E-state index contributed by atoms with van der Waals surface area (Å²) in [4.78, 5) is 4.19. The van der Waals surface area contributed by atoms with E-state index in [1.165, 1.54) is 0 Å². The molecular formula is C12H13BrN2O. The Labute approximate surface area is 103 Å². The van der Waals surface area contributed by atoms with E-state index in [2.05, 4.69) is 27.0 Å². The number of aromatic nitrogens is 1. The number of rotatable bonds is 3. The smallest absolute Gasteiger partial charge is 0.196 e. The van der Waals surface area contributed by atoms with E-state index in [4.69, 9.17) is 10.2 Å². The second-order valence-electron chi connectivity index (χ2n) is 3.62. The van der Waals surface area contributed by atoms with Crippen LogP contribution in [0.15, 0.2) is 33.3 Å². The van der Waals surface area contributed by atoms with Gasteiger partial charge in [0.2, 0.25) is 0 Å². The van der Waals surface area contributed by atoms with Gasteiger partial charge < -0.3 is 10.2 Å². The Morgan fingerprint density at radius 2 is 2.25 bits per heavy atom. The zero-order valence-electron chi connectivity index (χ0n) is 9.03. The number of oxazole rings is 1. The fraction of sp³-hybridized carbons (Fsp3) is 0.250. The molecule has 0 saturated heterocycles. The van der Waals surface area contributed by atoms with Crippen molar-refractivity contribution in [3.05, 3.63) is 40.3 Å². The average Bonchev–Trinajstić information content (AvgIpc) is 2.67. The van der Waals surface area contributed by atoms with Crippen molar-refractivity contribution in [1.82, 2.24) is 4.98 Å². The molecule has 0 unspecified atom stereocenters. The molecule has 0 radical (unpaired) electrons. The van der Waals surface area contributed by atoms with Crippen LogP contribution < -0.4 is 5.73 Å². The number of aryl methyl sites for hydroxylation is 1. The van der Waals surface area contributed by atoms with Crippen LogP contribution in [0, 0.1) is 6.92 Å². The van der Waals surface area contributed by atoms with Crippen molar-refractivity contribution in [2.24, 2.45) is 5.73 Å². The van der Waals surface area contributed by atoms with Crippen LogP contribution in [0.1, 0.15) is 11.5 Å². The number of nitrogens with zero attached hydrogens (tertiary/aromatic N) is 1. The zero-order valence-corrected chi connectivity index (χ0v) is 10.6. The summed E-state index contributed by atoms with van der Waals surface area (Å²) < 4.78 is 6.69. The zero-order chi connectivity index (χ0) is 11.5. The first-order chi connectivity index (χ1) is 7.70. The van der Waals surface area contributed by atoms with E-state index in [9.17, 15) is 0 Å². The molecule has 0 atom stereocenters. The molecule has 0 bridgehead atoms. The molecule has 1 aromatic heterocycles. The first-order valence-corrected chi connectivity index (χ1v) is 5.91. The van der Waals surface area contributed by atoms with Crippen molar-refractivity contribution in [1.29, 1.82) is 0 Å². The van der Waals surface area contributed by atoms with E-state index in [1.54, 1.807) is 6.20 Å². The van der Waals surface area contributed by atoms with Crippen LogP contribution in [0.4, 0.5) is 0 Å². The summed E-state index contributed by atoms with van der Waals surface area (Å²) in [7, 11) is 0. The summed E-state index contributed by atoms with van der Waals surface area (Å²) in [6.07, 6.45) is 2.43. The Hall–Kier alpha value is -1.13. The third kappa shape index (κ3) is 2.33. The number of benzene rings is 1. The van der Waals surface area contributed by atoms with Crippen LogP contribution in [-0.4, -0.2) is 11.5 Å². The molecule has 3 nitrogen and oxygen atoms in total. The van der Waals surface area contributed by atoms with E-state index >= 15 is 0 Å². The van der Waals surface area contributed by atoms with Crippen molar-refractivity contribution in [3.63, 3.8) is 0 Å². The maximum Gasteiger partial charge on any atom is 0.196 e. The lowest BCUT2D eigenvalue weighted by Gasteiger charge is -2.02. The van der Waals surface area contributed by atoms with Gasteiger partial charge in [0.05, 0.1) is 6.20 Å². The molecule has 0 saturated carbocycles. The molecule has 1 aromatic carbocycles. The highest BCUT2D eigenvalue weighted by molar-refractivity contribution is 9.10. The highest BCUT2D eigenvalue weighted by Gasteiger charge is 2.08. The van der Waals surface area contributed by atoms with Gasteiger partial charge in [-0.25, -0.2) is 4.98 Å². The lowest BCUT2D eigenvalue weighted by atomic mass is 10.1. The molecule has 2 rings (SSSR count). The Morgan fingerprint density at radius 1 is 1.44 bits per heavy atom. The number of halogens is 1. The molecule has 0 aliphatic carbocycles. The predicted molar refractivity (Wildman–Crippen MR) is 67.1 cm³/mol. The molecule has 84 valence electrons. The minimum atomic E-state index is 0.555. The van der Waals surface area contributed by atoms with Gasteiger partial charge in [0, 0.05) is 23.0 Å². The maximum absolute atomic E-state index is 5.62. The lowest BCUT2D eigenvalue weighted by Crippen LogP contribution is -2.02. The van der Waals surface area contributed by atoms with Gasteiger partial charge in [0.25, 0.3) is 0 Å². The fourth-order valence-electron chi connectivity index (χ4n) is 1.58. The number of hydrogen-bond acceptors (Lipinski definition) is 3. The number of hydrogen-bond donors (Lipinski definition) is 1. The van der Waals surface area contributed by atoms with Gasteiger partial charge in [0.1, 0.15) is 0 Å². The topological polar surface area (TPSA) is 52.0 Å². The highest BCUT2D eigenvalue weighted by atomic mass is 79.9. The van der Waals surface area contributed by atoms with Gasteiger partial charge in [-0.3, -0.25) is 0 Å². The van der Waals surface area contributed by atoms with Crippen molar-refractivity contribution in [2.75, 3.05) is 6.54 Å². The maximum atomic E-state index is 5.62. The van der Waals surface area contributed by atoms with Crippen LogP contribution in [-0.2, 0) is 6.42 Å². The van der Waals surface area contributed by atoms with Gasteiger partial charge in [0.15, 0.2) is 11.7 Å². The van der Waals surface area contributed by atoms with E-state index in [0.717, 1.165) is 21.4 Å². The molecule has 0 amide bonds. The van der Waals surface area contributed by atoms with Crippen molar-refractivity contribution in [2.45, 2.75) is 13.3 Å². The minimum absolute atomic E-state index is 0.555. The van der Waals surface area contributed by atoms with Gasteiger partial charge in [-0.05, 0) is 30.7 Å². The predicted octanol–water partition coefficient (Wildman–Crippen LogP) is 2.91.